The molecule has 0 spiro atoms. The summed E-state index contributed by atoms with van der Waals surface area (Å²) in [5, 5.41) is 0. The van der Waals surface area contributed by atoms with Gasteiger partial charge in [-0.3, -0.25) is 0 Å². The highest BCUT2D eigenvalue weighted by molar-refractivity contribution is 5.87. The van der Waals surface area contributed by atoms with E-state index in [1.165, 1.54) is 6.08 Å². The lowest BCUT2D eigenvalue weighted by atomic mass is 10.1. The molecule has 0 unspecified atom stereocenters. The van der Waals surface area contributed by atoms with Crippen molar-refractivity contribution in [3.63, 3.8) is 0 Å². The molecule has 0 aromatic heterocycles. The number of rotatable bonds is 6. The number of hydrogen-bond donors (Lipinski definition) is 0. The van der Waals surface area contributed by atoms with Crippen molar-refractivity contribution in [1.29, 1.82) is 0 Å². The van der Waals surface area contributed by atoms with Crippen LogP contribution in [-0.2, 0) is 16.0 Å². The van der Waals surface area contributed by atoms with Gasteiger partial charge in [0.15, 0.2) is 11.5 Å². The number of carbonyl (C=O) groups excluding carboxylic acids is 1. The summed E-state index contributed by atoms with van der Waals surface area (Å²) in [7, 11) is 3.11. The Morgan fingerprint density at radius 3 is 2.65 bits per heavy atom. The summed E-state index contributed by atoms with van der Waals surface area (Å²) in [6, 6.07) is 3.63. The van der Waals surface area contributed by atoms with Crippen LogP contribution in [0.3, 0.4) is 0 Å². The van der Waals surface area contributed by atoms with Gasteiger partial charge in [0.05, 0.1) is 20.8 Å². The van der Waals surface area contributed by atoms with Gasteiger partial charge in [-0.15, -0.1) is 12.3 Å². The second-order valence-electron chi connectivity index (χ2n) is 3.88. The van der Waals surface area contributed by atoms with Crippen LogP contribution in [0.15, 0.2) is 18.2 Å². The van der Waals surface area contributed by atoms with Gasteiger partial charge in [-0.05, 0) is 30.7 Å². The Hall–Kier alpha value is -2.41. The van der Waals surface area contributed by atoms with Gasteiger partial charge in [0.2, 0.25) is 0 Å². The fraction of sp³-hybridized carbons (Fsp3) is 0.312. The molecule has 106 valence electrons. The molecular weight excluding hydrogens is 256 g/mol. The summed E-state index contributed by atoms with van der Waals surface area (Å²) in [4.78, 5) is 11.3. The van der Waals surface area contributed by atoms with Crippen molar-refractivity contribution in [2.24, 2.45) is 0 Å². The van der Waals surface area contributed by atoms with Crippen molar-refractivity contribution < 1.29 is 19.0 Å². The minimum absolute atomic E-state index is 0.345. The summed E-state index contributed by atoms with van der Waals surface area (Å²) in [5.74, 6) is 3.37. The third kappa shape index (κ3) is 4.06. The number of esters is 1. The van der Waals surface area contributed by atoms with Gasteiger partial charge in [0, 0.05) is 18.1 Å². The molecule has 0 bridgehead atoms. The minimum atomic E-state index is -0.388. The van der Waals surface area contributed by atoms with E-state index in [2.05, 4.69) is 5.92 Å². The third-order valence-corrected chi connectivity index (χ3v) is 2.57. The molecule has 1 aromatic rings. The average molecular weight is 274 g/mol. The molecule has 0 radical (unpaired) electrons. The molecule has 0 fully saturated rings. The van der Waals surface area contributed by atoms with Gasteiger partial charge in [-0.25, -0.2) is 4.79 Å². The Morgan fingerprint density at radius 1 is 1.35 bits per heavy atom. The van der Waals surface area contributed by atoms with Crippen LogP contribution in [0.1, 0.15) is 18.1 Å². The topological polar surface area (TPSA) is 44.8 Å². The quantitative estimate of drug-likeness (QED) is 0.454. The SMILES string of the molecule is C#CCc1cc(/C=C/C(=O)OCC)cc(OC)c1OC. The van der Waals surface area contributed by atoms with Gasteiger partial charge >= 0.3 is 5.97 Å². The fourth-order valence-electron chi connectivity index (χ4n) is 1.76. The number of methoxy groups -OCH3 is 2. The summed E-state index contributed by atoms with van der Waals surface area (Å²) in [6.07, 6.45) is 8.78. The third-order valence-electron chi connectivity index (χ3n) is 2.57. The van der Waals surface area contributed by atoms with E-state index in [-0.39, 0.29) is 5.97 Å². The van der Waals surface area contributed by atoms with Crippen molar-refractivity contribution in [2.75, 3.05) is 20.8 Å². The predicted molar refractivity (Wildman–Crippen MR) is 77.8 cm³/mol. The van der Waals surface area contributed by atoms with Crippen LogP contribution in [0, 0.1) is 12.3 Å². The zero-order chi connectivity index (χ0) is 15.0. The van der Waals surface area contributed by atoms with E-state index in [1.54, 1.807) is 33.3 Å². The standard InChI is InChI=1S/C16H18O4/c1-5-7-13-10-12(8-9-15(17)20-6-2)11-14(18-3)16(13)19-4/h1,8-11H,6-7H2,2-4H3/b9-8+. The van der Waals surface area contributed by atoms with E-state index in [0.29, 0.717) is 24.5 Å². The Kier molecular flexibility index (Phi) is 6.18. The number of benzene rings is 1. The van der Waals surface area contributed by atoms with E-state index in [0.717, 1.165) is 11.1 Å². The van der Waals surface area contributed by atoms with Gasteiger partial charge in [-0.1, -0.05) is 0 Å². The molecule has 0 atom stereocenters. The van der Waals surface area contributed by atoms with Crippen LogP contribution in [0.25, 0.3) is 6.08 Å². The van der Waals surface area contributed by atoms with Crippen molar-refractivity contribution in [2.45, 2.75) is 13.3 Å². The van der Waals surface area contributed by atoms with Crippen molar-refractivity contribution in [3.05, 3.63) is 29.3 Å². The number of carbonyl (C=O) groups is 1. The molecule has 20 heavy (non-hydrogen) atoms. The minimum Gasteiger partial charge on any atom is -0.493 e. The molecule has 0 amide bonds. The molecule has 0 heterocycles. The van der Waals surface area contributed by atoms with Crippen LogP contribution >= 0.6 is 0 Å². The van der Waals surface area contributed by atoms with E-state index in [1.807, 2.05) is 6.07 Å². The van der Waals surface area contributed by atoms with E-state index in [4.69, 9.17) is 20.6 Å². The fourth-order valence-corrected chi connectivity index (χ4v) is 1.76. The lowest BCUT2D eigenvalue weighted by Crippen LogP contribution is -1.99. The Morgan fingerprint density at radius 2 is 2.10 bits per heavy atom. The molecule has 1 aromatic carbocycles. The van der Waals surface area contributed by atoms with Crippen molar-refractivity contribution in [3.8, 4) is 23.8 Å². The summed E-state index contributed by atoms with van der Waals surface area (Å²) >= 11 is 0. The maximum Gasteiger partial charge on any atom is 0.330 e. The maximum atomic E-state index is 11.3. The zero-order valence-corrected chi connectivity index (χ0v) is 11.9. The van der Waals surface area contributed by atoms with Crippen LogP contribution in [0.4, 0.5) is 0 Å². The van der Waals surface area contributed by atoms with Crippen molar-refractivity contribution >= 4 is 12.0 Å². The van der Waals surface area contributed by atoms with Crippen LogP contribution in [0.5, 0.6) is 11.5 Å². The van der Waals surface area contributed by atoms with E-state index in [9.17, 15) is 4.79 Å². The molecule has 1 rings (SSSR count). The van der Waals surface area contributed by atoms with E-state index < -0.39 is 0 Å². The first-order valence-corrected chi connectivity index (χ1v) is 6.19. The molecule has 0 aliphatic rings. The summed E-state index contributed by atoms with van der Waals surface area (Å²) < 4.78 is 15.4. The normalized spacial score (nSPS) is 10.1. The largest absolute Gasteiger partial charge is 0.493 e. The predicted octanol–water partition coefficient (Wildman–Crippen LogP) is 2.46. The average Bonchev–Trinajstić information content (AvgIpc) is 2.45. The van der Waals surface area contributed by atoms with Crippen LogP contribution < -0.4 is 9.47 Å². The molecule has 0 saturated heterocycles. The molecular formula is C16H18O4. The molecule has 0 aliphatic heterocycles. The first-order chi connectivity index (χ1) is 9.65. The highest BCUT2D eigenvalue weighted by atomic mass is 16.5. The molecule has 0 saturated carbocycles. The highest BCUT2D eigenvalue weighted by Gasteiger charge is 2.11. The second-order valence-corrected chi connectivity index (χ2v) is 3.88. The monoisotopic (exact) mass is 274 g/mol. The number of terminal acetylenes is 1. The van der Waals surface area contributed by atoms with Gasteiger partial charge in [0.25, 0.3) is 0 Å². The second kappa shape index (κ2) is 7.90. The molecule has 4 heteroatoms. The number of hydrogen-bond acceptors (Lipinski definition) is 4. The highest BCUT2D eigenvalue weighted by Crippen LogP contribution is 2.33. The maximum absolute atomic E-state index is 11.3. The van der Waals surface area contributed by atoms with Gasteiger partial charge in [0.1, 0.15) is 0 Å². The Bertz CT molecular complexity index is 538. The molecule has 4 nitrogen and oxygen atoms in total. The number of ether oxygens (including phenoxy) is 3. The lowest BCUT2D eigenvalue weighted by Gasteiger charge is -2.12. The van der Waals surface area contributed by atoms with Crippen molar-refractivity contribution in [1.82, 2.24) is 0 Å². The summed E-state index contributed by atoms with van der Waals surface area (Å²) in [5.41, 5.74) is 1.62. The Balaban J connectivity index is 3.12. The smallest absolute Gasteiger partial charge is 0.330 e. The Labute approximate surface area is 119 Å². The zero-order valence-electron chi connectivity index (χ0n) is 11.9. The molecule has 0 N–H and O–H groups in total. The van der Waals surface area contributed by atoms with Gasteiger partial charge in [-0.2, -0.15) is 0 Å². The first kappa shape index (κ1) is 15.6. The first-order valence-electron chi connectivity index (χ1n) is 6.19. The van der Waals surface area contributed by atoms with Gasteiger partial charge < -0.3 is 14.2 Å². The van der Waals surface area contributed by atoms with Crippen LogP contribution in [-0.4, -0.2) is 26.8 Å². The lowest BCUT2D eigenvalue weighted by molar-refractivity contribution is -0.137. The summed E-state index contributed by atoms with van der Waals surface area (Å²) in [6.45, 7) is 2.10. The van der Waals surface area contributed by atoms with E-state index >= 15 is 0 Å². The van der Waals surface area contributed by atoms with Crippen LogP contribution in [0.2, 0.25) is 0 Å². The molecule has 0 aliphatic carbocycles.